The summed E-state index contributed by atoms with van der Waals surface area (Å²) in [6, 6.07) is 3.61. The number of nitrogens with one attached hydrogen (secondary N) is 1. The molecule has 2 aromatic rings. The number of benzene rings is 1. The van der Waals surface area contributed by atoms with Gasteiger partial charge in [0.25, 0.3) is 0 Å². The molecule has 0 aliphatic carbocycles. The first kappa shape index (κ1) is 22.5. The Morgan fingerprint density at radius 1 is 1.37 bits per heavy atom. The second-order valence-electron chi connectivity index (χ2n) is 7.21. The maximum absolute atomic E-state index is 13.5. The average molecular weight is 448 g/mol. The van der Waals surface area contributed by atoms with E-state index in [2.05, 4.69) is 10.3 Å². The molecule has 0 unspecified atom stereocenters. The summed E-state index contributed by atoms with van der Waals surface area (Å²) in [6.45, 7) is 0.714. The Balaban J connectivity index is 1.84. The highest BCUT2D eigenvalue weighted by atomic mass is 32.2. The standard InChI is InChI=1S/C18H23F3N4O4S/c1-24(2)30(27,28)13-5-6-15-14(10-13)23-17(18(19,20)21)25(15)8-7-16(26)22-11-12-4-3-9-29-12/h5-6,10,12H,3-4,7-9,11H2,1-2H3,(H,22,26)/t12-/m1/s1. The third-order valence-corrected chi connectivity index (χ3v) is 6.68. The van der Waals surface area contributed by atoms with Gasteiger partial charge in [-0.3, -0.25) is 4.79 Å². The number of amides is 1. The van der Waals surface area contributed by atoms with Crippen LogP contribution < -0.4 is 5.32 Å². The van der Waals surface area contributed by atoms with Crippen molar-refractivity contribution in [2.75, 3.05) is 27.2 Å². The average Bonchev–Trinajstić information content (AvgIpc) is 3.31. The monoisotopic (exact) mass is 448 g/mol. The van der Waals surface area contributed by atoms with Crippen LogP contribution in [0.5, 0.6) is 0 Å². The molecule has 8 nitrogen and oxygen atoms in total. The highest BCUT2D eigenvalue weighted by Gasteiger charge is 2.38. The van der Waals surface area contributed by atoms with Gasteiger partial charge in [0.05, 0.1) is 22.0 Å². The molecule has 1 amide bonds. The van der Waals surface area contributed by atoms with E-state index in [4.69, 9.17) is 4.74 Å². The zero-order valence-corrected chi connectivity index (χ0v) is 17.4. The third-order valence-electron chi connectivity index (χ3n) is 4.87. The van der Waals surface area contributed by atoms with Crippen molar-refractivity contribution in [1.29, 1.82) is 0 Å². The predicted octanol–water partition coefficient (Wildman–Crippen LogP) is 1.99. The molecule has 0 radical (unpaired) electrons. The number of ether oxygens (including phenoxy) is 1. The number of alkyl halides is 3. The lowest BCUT2D eigenvalue weighted by molar-refractivity contribution is -0.147. The number of sulfonamides is 1. The first-order valence-corrected chi connectivity index (χ1v) is 10.8. The fraction of sp³-hybridized carbons (Fsp3) is 0.556. The summed E-state index contributed by atoms with van der Waals surface area (Å²) in [7, 11) is -1.17. The van der Waals surface area contributed by atoms with Gasteiger partial charge in [-0.1, -0.05) is 0 Å². The number of hydrogen-bond donors (Lipinski definition) is 1. The van der Waals surface area contributed by atoms with Crippen LogP contribution in [-0.2, 0) is 32.3 Å². The van der Waals surface area contributed by atoms with E-state index in [1.807, 2.05) is 0 Å². The van der Waals surface area contributed by atoms with Gasteiger partial charge < -0.3 is 14.6 Å². The number of fused-ring (bicyclic) bond motifs is 1. The minimum Gasteiger partial charge on any atom is -0.376 e. The topological polar surface area (TPSA) is 93.5 Å². The lowest BCUT2D eigenvalue weighted by Gasteiger charge is -2.13. The fourth-order valence-electron chi connectivity index (χ4n) is 3.26. The van der Waals surface area contributed by atoms with Gasteiger partial charge in [-0.05, 0) is 31.0 Å². The van der Waals surface area contributed by atoms with Gasteiger partial charge >= 0.3 is 6.18 Å². The van der Waals surface area contributed by atoms with Crippen molar-refractivity contribution in [3.8, 4) is 0 Å². The minimum absolute atomic E-state index is 0.0640. The second kappa shape index (κ2) is 8.52. The molecule has 1 aliphatic heterocycles. The van der Waals surface area contributed by atoms with Crippen LogP contribution in [0, 0.1) is 0 Å². The van der Waals surface area contributed by atoms with Crippen LogP contribution in [0.15, 0.2) is 23.1 Å². The summed E-state index contributed by atoms with van der Waals surface area (Å²) < 4.78 is 72.3. The van der Waals surface area contributed by atoms with Crippen molar-refractivity contribution >= 4 is 27.0 Å². The van der Waals surface area contributed by atoms with Crippen molar-refractivity contribution in [3.63, 3.8) is 0 Å². The molecule has 0 spiro atoms. The zero-order valence-electron chi connectivity index (χ0n) is 16.6. The van der Waals surface area contributed by atoms with E-state index in [0.717, 1.165) is 27.8 Å². The van der Waals surface area contributed by atoms with E-state index in [1.165, 1.54) is 26.2 Å². The fourth-order valence-corrected chi connectivity index (χ4v) is 4.18. The normalized spacial score (nSPS) is 17.7. The highest BCUT2D eigenvalue weighted by Crippen LogP contribution is 2.32. The number of nitrogens with zero attached hydrogens (tertiary/aromatic N) is 3. The molecule has 1 aliphatic rings. The van der Waals surface area contributed by atoms with Gasteiger partial charge in [-0.15, -0.1) is 0 Å². The Morgan fingerprint density at radius 3 is 2.70 bits per heavy atom. The molecule has 12 heteroatoms. The molecule has 3 rings (SSSR count). The number of carbonyl (C=O) groups excluding carboxylic acids is 1. The lowest BCUT2D eigenvalue weighted by Crippen LogP contribution is -2.32. The molecule has 30 heavy (non-hydrogen) atoms. The van der Waals surface area contributed by atoms with Gasteiger partial charge in [0, 0.05) is 40.2 Å². The number of aryl methyl sites for hydroxylation is 1. The van der Waals surface area contributed by atoms with Crippen LogP contribution in [-0.4, -0.2) is 61.5 Å². The molecule has 1 atom stereocenters. The second-order valence-corrected chi connectivity index (χ2v) is 9.36. The zero-order chi connectivity index (χ0) is 22.1. The van der Waals surface area contributed by atoms with E-state index < -0.39 is 27.9 Å². The summed E-state index contributed by atoms with van der Waals surface area (Å²) >= 11 is 0. The minimum atomic E-state index is -4.76. The summed E-state index contributed by atoms with van der Waals surface area (Å²) in [5.74, 6) is -1.57. The Morgan fingerprint density at radius 2 is 2.10 bits per heavy atom. The third kappa shape index (κ3) is 4.76. The Bertz CT molecular complexity index is 1030. The van der Waals surface area contributed by atoms with Crippen molar-refractivity contribution in [2.24, 2.45) is 0 Å². The summed E-state index contributed by atoms with van der Waals surface area (Å²) in [6.07, 6.45) is -3.25. The smallest absolute Gasteiger partial charge is 0.376 e. The van der Waals surface area contributed by atoms with Crippen LogP contribution in [0.3, 0.4) is 0 Å². The molecule has 1 aromatic carbocycles. The Hall–Kier alpha value is -2.18. The molecule has 1 N–H and O–H groups in total. The summed E-state index contributed by atoms with van der Waals surface area (Å²) in [4.78, 5) is 15.5. The van der Waals surface area contributed by atoms with E-state index >= 15 is 0 Å². The maximum atomic E-state index is 13.5. The molecular weight excluding hydrogens is 425 g/mol. The van der Waals surface area contributed by atoms with Crippen LogP contribution in [0.1, 0.15) is 25.1 Å². The summed E-state index contributed by atoms with van der Waals surface area (Å²) in [5.41, 5.74) is -0.00280. The Kier molecular flexibility index (Phi) is 6.39. The van der Waals surface area contributed by atoms with Crippen LogP contribution >= 0.6 is 0 Å². The van der Waals surface area contributed by atoms with Crippen LogP contribution in [0.25, 0.3) is 11.0 Å². The number of carbonyl (C=O) groups is 1. The van der Waals surface area contributed by atoms with Crippen molar-refractivity contribution in [3.05, 3.63) is 24.0 Å². The Labute approximate surface area is 172 Å². The van der Waals surface area contributed by atoms with E-state index in [1.54, 1.807) is 0 Å². The van der Waals surface area contributed by atoms with E-state index in [0.29, 0.717) is 13.2 Å². The first-order valence-electron chi connectivity index (χ1n) is 9.38. The molecule has 0 bridgehead atoms. The maximum Gasteiger partial charge on any atom is 0.449 e. The number of hydrogen-bond acceptors (Lipinski definition) is 5. The van der Waals surface area contributed by atoms with Gasteiger partial charge in [0.1, 0.15) is 0 Å². The summed E-state index contributed by atoms with van der Waals surface area (Å²) in [5, 5.41) is 2.67. The van der Waals surface area contributed by atoms with Gasteiger partial charge in [-0.25, -0.2) is 17.7 Å². The number of rotatable bonds is 7. The van der Waals surface area contributed by atoms with Gasteiger partial charge in [-0.2, -0.15) is 13.2 Å². The largest absolute Gasteiger partial charge is 0.449 e. The molecule has 1 saturated heterocycles. The number of imidazole rings is 1. The van der Waals surface area contributed by atoms with Crippen molar-refractivity contribution in [2.45, 2.75) is 43.0 Å². The van der Waals surface area contributed by atoms with Gasteiger partial charge in [0.15, 0.2) is 0 Å². The van der Waals surface area contributed by atoms with Crippen molar-refractivity contribution in [1.82, 2.24) is 19.2 Å². The molecule has 1 aromatic heterocycles. The molecule has 2 heterocycles. The molecule has 166 valence electrons. The predicted molar refractivity (Wildman–Crippen MR) is 102 cm³/mol. The number of halogens is 3. The lowest BCUT2D eigenvalue weighted by atomic mass is 10.2. The SMILES string of the molecule is CN(C)S(=O)(=O)c1ccc2c(c1)nc(C(F)(F)F)n2CCC(=O)NC[C@H]1CCCO1. The van der Waals surface area contributed by atoms with Crippen molar-refractivity contribution < 1.29 is 31.1 Å². The van der Waals surface area contributed by atoms with E-state index in [-0.39, 0.29) is 35.0 Å². The first-order chi connectivity index (χ1) is 14.0. The molecule has 1 fully saturated rings. The molecular formula is C18H23F3N4O4S. The highest BCUT2D eigenvalue weighted by molar-refractivity contribution is 7.89. The van der Waals surface area contributed by atoms with E-state index in [9.17, 15) is 26.4 Å². The molecule has 0 saturated carbocycles. The quantitative estimate of drug-likeness (QED) is 0.699. The number of aromatic nitrogens is 2. The van der Waals surface area contributed by atoms with Crippen LogP contribution in [0.4, 0.5) is 13.2 Å². The van der Waals surface area contributed by atoms with Crippen LogP contribution in [0.2, 0.25) is 0 Å². The van der Waals surface area contributed by atoms with Gasteiger partial charge in [0.2, 0.25) is 21.8 Å².